The molecule has 3 heterocycles. The minimum absolute atomic E-state index is 0.547. The number of pyridine rings is 1. The van der Waals surface area contributed by atoms with Gasteiger partial charge in [0.2, 0.25) is 0 Å². The minimum Gasteiger partial charge on any atom is -0.378 e. The number of rotatable bonds is 2. The Morgan fingerprint density at radius 3 is 2.11 bits per heavy atom. The maximum atomic E-state index is 6.16. The van der Waals surface area contributed by atoms with Crippen molar-refractivity contribution in [2.45, 2.75) is 0 Å². The molecule has 2 aliphatic heterocycles. The van der Waals surface area contributed by atoms with Gasteiger partial charge >= 0.3 is 0 Å². The third-order valence-electron chi connectivity index (χ3n) is 3.48. The summed E-state index contributed by atoms with van der Waals surface area (Å²) in [6.45, 7) is 6.60. The lowest BCUT2D eigenvalue weighted by Crippen LogP contribution is -2.38. The van der Waals surface area contributed by atoms with Gasteiger partial charge in [0.15, 0.2) is 0 Å². The van der Waals surface area contributed by atoms with Crippen LogP contribution in [0.3, 0.4) is 0 Å². The molecule has 0 aliphatic carbocycles. The summed E-state index contributed by atoms with van der Waals surface area (Å²) in [4.78, 5) is 8.94. The van der Waals surface area contributed by atoms with Crippen molar-refractivity contribution in [1.29, 1.82) is 0 Å². The fourth-order valence-corrected chi connectivity index (χ4v) is 2.63. The van der Waals surface area contributed by atoms with Crippen LogP contribution < -0.4 is 9.80 Å². The molecule has 1 aromatic heterocycles. The fourth-order valence-electron chi connectivity index (χ4n) is 2.43. The van der Waals surface area contributed by atoms with E-state index in [1.54, 1.807) is 0 Å². The zero-order chi connectivity index (χ0) is 13.1. The van der Waals surface area contributed by atoms with E-state index < -0.39 is 0 Å². The lowest BCUT2D eigenvalue weighted by molar-refractivity contribution is 0.122. The first-order valence-electron chi connectivity index (χ1n) is 6.66. The van der Waals surface area contributed by atoms with Gasteiger partial charge in [-0.2, -0.15) is 0 Å². The Bertz CT molecular complexity index is 396. The molecule has 3 rings (SSSR count). The Labute approximate surface area is 118 Å². The maximum Gasteiger partial charge on any atom is 0.133 e. The molecule has 2 fully saturated rings. The van der Waals surface area contributed by atoms with Crippen molar-refractivity contribution in [3.63, 3.8) is 0 Å². The lowest BCUT2D eigenvalue weighted by Gasteiger charge is -2.31. The van der Waals surface area contributed by atoms with Gasteiger partial charge in [-0.3, -0.25) is 0 Å². The summed E-state index contributed by atoms with van der Waals surface area (Å²) in [5, 5.41) is 0.547. The normalized spacial score (nSPS) is 20.7. The third-order valence-corrected chi connectivity index (χ3v) is 3.67. The monoisotopic (exact) mass is 283 g/mol. The van der Waals surface area contributed by atoms with E-state index in [2.05, 4.69) is 20.9 Å². The van der Waals surface area contributed by atoms with Crippen molar-refractivity contribution in [2.75, 3.05) is 62.4 Å². The number of aromatic nitrogens is 1. The molecular formula is C13H18ClN3O2. The highest BCUT2D eigenvalue weighted by Crippen LogP contribution is 2.25. The molecule has 19 heavy (non-hydrogen) atoms. The van der Waals surface area contributed by atoms with Crippen LogP contribution in [0.15, 0.2) is 12.1 Å². The lowest BCUT2D eigenvalue weighted by atomic mass is 10.3. The summed E-state index contributed by atoms with van der Waals surface area (Å²) in [5.74, 6) is 0.942. The van der Waals surface area contributed by atoms with E-state index in [1.165, 1.54) is 0 Å². The summed E-state index contributed by atoms with van der Waals surface area (Å²) < 4.78 is 10.7. The molecule has 104 valence electrons. The van der Waals surface area contributed by atoms with E-state index in [1.807, 2.05) is 6.07 Å². The number of halogens is 1. The fraction of sp³-hybridized carbons (Fsp3) is 0.615. The molecule has 0 spiro atoms. The standard InChI is InChI=1S/C13H18ClN3O2/c14-12-9-11(16-1-5-18-6-2-16)10-13(15-12)17-3-7-19-8-4-17/h9-10H,1-8H2. The van der Waals surface area contributed by atoms with Gasteiger partial charge in [-0.1, -0.05) is 11.6 Å². The highest BCUT2D eigenvalue weighted by Gasteiger charge is 2.17. The average Bonchev–Trinajstić information content (AvgIpc) is 2.48. The molecule has 0 saturated carbocycles. The van der Waals surface area contributed by atoms with Crippen LogP contribution in [0, 0.1) is 0 Å². The van der Waals surface area contributed by atoms with E-state index in [0.29, 0.717) is 5.15 Å². The minimum atomic E-state index is 0.547. The quantitative estimate of drug-likeness (QED) is 0.767. The molecule has 0 N–H and O–H groups in total. The first-order chi connectivity index (χ1) is 9.33. The molecule has 2 aliphatic rings. The highest BCUT2D eigenvalue weighted by atomic mass is 35.5. The average molecular weight is 284 g/mol. The molecule has 0 bridgehead atoms. The van der Waals surface area contributed by atoms with Crippen molar-refractivity contribution in [3.05, 3.63) is 17.3 Å². The van der Waals surface area contributed by atoms with E-state index in [0.717, 1.165) is 64.1 Å². The summed E-state index contributed by atoms with van der Waals surface area (Å²) in [6.07, 6.45) is 0. The van der Waals surface area contributed by atoms with Crippen molar-refractivity contribution < 1.29 is 9.47 Å². The van der Waals surface area contributed by atoms with E-state index in [4.69, 9.17) is 21.1 Å². The Morgan fingerprint density at radius 1 is 0.895 bits per heavy atom. The van der Waals surface area contributed by atoms with Crippen LogP contribution in [0.1, 0.15) is 0 Å². The predicted molar refractivity (Wildman–Crippen MR) is 75.3 cm³/mol. The van der Waals surface area contributed by atoms with Crippen LogP contribution in [0.2, 0.25) is 5.15 Å². The van der Waals surface area contributed by atoms with Crippen LogP contribution in [0.4, 0.5) is 11.5 Å². The van der Waals surface area contributed by atoms with Gasteiger partial charge in [-0.05, 0) is 6.07 Å². The molecule has 0 atom stereocenters. The molecule has 0 aromatic carbocycles. The Kier molecular flexibility index (Phi) is 4.06. The maximum absolute atomic E-state index is 6.16. The van der Waals surface area contributed by atoms with E-state index in [9.17, 15) is 0 Å². The second kappa shape index (κ2) is 5.94. The second-order valence-electron chi connectivity index (χ2n) is 4.71. The van der Waals surface area contributed by atoms with Crippen molar-refractivity contribution in [3.8, 4) is 0 Å². The van der Waals surface area contributed by atoms with Crippen LogP contribution in [0.5, 0.6) is 0 Å². The number of nitrogens with zero attached hydrogens (tertiary/aromatic N) is 3. The van der Waals surface area contributed by atoms with Crippen molar-refractivity contribution >= 4 is 23.1 Å². The van der Waals surface area contributed by atoms with Crippen molar-refractivity contribution in [1.82, 2.24) is 4.98 Å². The number of ether oxygens (including phenoxy) is 2. The summed E-state index contributed by atoms with van der Waals surface area (Å²) in [5.41, 5.74) is 1.13. The van der Waals surface area contributed by atoms with Gasteiger partial charge in [0.05, 0.1) is 26.4 Å². The molecule has 2 saturated heterocycles. The smallest absolute Gasteiger partial charge is 0.133 e. The summed E-state index contributed by atoms with van der Waals surface area (Å²) in [6, 6.07) is 4.04. The van der Waals surface area contributed by atoms with Crippen LogP contribution in [0.25, 0.3) is 0 Å². The number of morpholine rings is 2. The van der Waals surface area contributed by atoms with Gasteiger partial charge in [0.1, 0.15) is 11.0 Å². The molecule has 1 aromatic rings. The Balaban J connectivity index is 1.82. The summed E-state index contributed by atoms with van der Waals surface area (Å²) in [7, 11) is 0. The van der Waals surface area contributed by atoms with Crippen LogP contribution in [-0.4, -0.2) is 57.6 Å². The van der Waals surface area contributed by atoms with Gasteiger partial charge in [0, 0.05) is 37.9 Å². The van der Waals surface area contributed by atoms with Crippen molar-refractivity contribution in [2.24, 2.45) is 0 Å². The topological polar surface area (TPSA) is 37.8 Å². The molecule has 6 heteroatoms. The molecule has 0 unspecified atom stereocenters. The SMILES string of the molecule is Clc1cc(N2CCOCC2)cc(N2CCOCC2)n1. The van der Waals surface area contributed by atoms with Gasteiger partial charge in [-0.15, -0.1) is 0 Å². The van der Waals surface area contributed by atoms with Gasteiger partial charge in [0.25, 0.3) is 0 Å². The molecule has 5 nitrogen and oxygen atoms in total. The van der Waals surface area contributed by atoms with Crippen LogP contribution in [-0.2, 0) is 9.47 Å². The Morgan fingerprint density at radius 2 is 1.47 bits per heavy atom. The zero-order valence-electron chi connectivity index (χ0n) is 10.8. The third kappa shape index (κ3) is 3.11. The number of anilines is 2. The molecular weight excluding hydrogens is 266 g/mol. The highest BCUT2D eigenvalue weighted by molar-refractivity contribution is 6.29. The number of hydrogen-bond acceptors (Lipinski definition) is 5. The van der Waals surface area contributed by atoms with E-state index >= 15 is 0 Å². The van der Waals surface area contributed by atoms with Crippen LogP contribution >= 0.6 is 11.6 Å². The number of hydrogen-bond donors (Lipinski definition) is 0. The molecule has 0 amide bonds. The Hall–Kier alpha value is -1.04. The summed E-state index contributed by atoms with van der Waals surface area (Å²) >= 11 is 6.16. The largest absolute Gasteiger partial charge is 0.378 e. The first-order valence-corrected chi connectivity index (χ1v) is 7.04. The predicted octanol–water partition coefficient (Wildman–Crippen LogP) is 1.41. The first kappa shape index (κ1) is 13.0. The van der Waals surface area contributed by atoms with Gasteiger partial charge < -0.3 is 19.3 Å². The zero-order valence-corrected chi connectivity index (χ0v) is 11.6. The van der Waals surface area contributed by atoms with Gasteiger partial charge in [-0.25, -0.2) is 4.98 Å². The van der Waals surface area contributed by atoms with E-state index in [-0.39, 0.29) is 0 Å². The molecule has 0 radical (unpaired) electrons. The second-order valence-corrected chi connectivity index (χ2v) is 5.09.